The third kappa shape index (κ3) is 2.17. The number of nitrogen functional groups attached to an aromatic ring is 1. The highest BCUT2D eigenvalue weighted by Gasteiger charge is 2.13. The van der Waals surface area contributed by atoms with Crippen LogP contribution in [-0.2, 0) is 0 Å². The number of hydrogen-bond donors (Lipinski definition) is 2. The first-order valence-corrected chi connectivity index (χ1v) is 4.79. The number of nitrogens with zero attached hydrogens (tertiary/aromatic N) is 1. The van der Waals surface area contributed by atoms with Crippen molar-refractivity contribution in [1.82, 2.24) is 0 Å². The van der Waals surface area contributed by atoms with E-state index in [2.05, 4.69) is 12.6 Å². The molecule has 0 aliphatic carbocycles. The van der Waals surface area contributed by atoms with Crippen LogP contribution in [0.25, 0.3) is 0 Å². The van der Waals surface area contributed by atoms with E-state index in [1.54, 1.807) is 6.07 Å². The SMILES string of the molecule is CCC(S)c1cc([N+](=O)[O-])ccc1N. The van der Waals surface area contributed by atoms with Gasteiger partial charge in [0.05, 0.1) is 4.92 Å². The maximum absolute atomic E-state index is 10.5. The summed E-state index contributed by atoms with van der Waals surface area (Å²) in [5.74, 6) is 0. The van der Waals surface area contributed by atoms with E-state index in [0.717, 1.165) is 12.0 Å². The fraction of sp³-hybridized carbons (Fsp3) is 0.333. The number of thiol groups is 1. The van der Waals surface area contributed by atoms with Crippen LogP contribution in [0.15, 0.2) is 18.2 Å². The van der Waals surface area contributed by atoms with Crippen LogP contribution in [0.2, 0.25) is 0 Å². The van der Waals surface area contributed by atoms with Crippen molar-refractivity contribution in [3.63, 3.8) is 0 Å². The van der Waals surface area contributed by atoms with Gasteiger partial charge in [0.2, 0.25) is 0 Å². The Bertz CT molecular complexity index is 355. The predicted octanol–water partition coefficient (Wildman–Crippen LogP) is 2.56. The quantitative estimate of drug-likeness (QED) is 0.350. The second-order valence-electron chi connectivity index (χ2n) is 2.99. The van der Waals surface area contributed by atoms with Crippen LogP contribution in [-0.4, -0.2) is 4.92 Å². The Kier molecular flexibility index (Phi) is 3.35. The third-order valence-corrected chi connectivity index (χ3v) is 2.67. The van der Waals surface area contributed by atoms with Crippen LogP contribution in [0.3, 0.4) is 0 Å². The van der Waals surface area contributed by atoms with Crippen molar-refractivity contribution in [3.8, 4) is 0 Å². The number of hydrogen-bond acceptors (Lipinski definition) is 4. The highest BCUT2D eigenvalue weighted by molar-refractivity contribution is 7.80. The molecule has 0 radical (unpaired) electrons. The molecule has 0 bridgehead atoms. The Morgan fingerprint density at radius 1 is 1.64 bits per heavy atom. The number of benzene rings is 1. The molecule has 0 aromatic heterocycles. The smallest absolute Gasteiger partial charge is 0.269 e. The first-order chi connectivity index (χ1) is 6.56. The fourth-order valence-electron chi connectivity index (χ4n) is 1.18. The summed E-state index contributed by atoms with van der Waals surface area (Å²) in [6.45, 7) is 1.95. The molecule has 76 valence electrons. The van der Waals surface area contributed by atoms with Crippen molar-refractivity contribution in [2.45, 2.75) is 18.6 Å². The van der Waals surface area contributed by atoms with Crippen molar-refractivity contribution in [1.29, 1.82) is 0 Å². The second-order valence-corrected chi connectivity index (χ2v) is 3.62. The van der Waals surface area contributed by atoms with Gasteiger partial charge in [0, 0.05) is 23.1 Å². The molecule has 0 aliphatic heterocycles. The molecule has 0 spiro atoms. The molecule has 0 saturated heterocycles. The minimum absolute atomic E-state index is 0.0464. The summed E-state index contributed by atoms with van der Waals surface area (Å²) in [4.78, 5) is 10.1. The molecule has 1 atom stereocenters. The molecule has 0 saturated carbocycles. The van der Waals surface area contributed by atoms with Crippen molar-refractivity contribution < 1.29 is 4.92 Å². The zero-order chi connectivity index (χ0) is 10.7. The van der Waals surface area contributed by atoms with Gasteiger partial charge < -0.3 is 5.73 Å². The number of rotatable bonds is 3. The summed E-state index contributed by atoms with van der Waals surface area (Å²) in [6.07, 6.45) is 0.786. The van der Waals surface area contributed by atoms with Gasteiger partial charge in [-0.15, -0.1) is 0 Å². The predicted molar refractivity (Wildman–Crippen MR) is 59.5 cm³/mol. The molecule has 1 unspecified atom stereocenters. The summed E-state index contributed by atoms with van der Waals surface area (Å²) < 4.78 is 0. The van der Waals surface area contributed by atoms with Crippen molar-refractivity contribution in [2.24, 2.45) is 0 Å². The Morgan fingerprint density at radius 3 is 2.79 bits per heavy atom. The molecular weight excluding hydrogens is 200 g/mol. The molecule has 0 aliphatic rings. The Hall–Kier alpha value is -1.23. The maximum Gasteiger partial charge on any atom is 0.269 e. The molecule has 2 N–H and O–H groups in total. The van der Waals surface area contributed by atoms with Gasteiger partial charge in [-0.3, -0.25) is 10.1 Å². The van der Waals surface area contributed by atoms with Gasteiger partial charge in [-0.25, -0.2) is 0 Å². The van der Waals surface area contributed by atoms with E-state index in [1.807, 2.05) is 6.92 Å². The average molecular weight is 212 g/mol. The zero-order valence-electron chi connectivity index (χ0n) is 7.80. The minimum atomic E-state index is -0.431. The van der Waals surface area contributed by atoms with Crippen LogP contribution in [0.1, 0.15) is 24.2 Å². The highest BCUT2D eigenvalue weighted by Crippen LogP contribution is 2.31. The largest absolute Gasteiger partial charge is 0.398 e. The van der Waals surface area contributed by atoms with Gasteiger partial charge in [-0.2, -0.15) is 12.6 Å². The molecule has 1 aromatic carbocycles. The molecule has 5 heteroatoms. The Morgan fingerprint density at radius 2 is 2.29 bits per heavy atom. The Balaban J connectivity index is 3.14. The standard InChI is InChI=1S/C9H12N2O2S/c1-2-9(14)7-5-6(11(12)13)3-4-8(7)10/h3-5,9,14H,2,10H2,1H3. The van der Waals surface area contributed by atoms with Gasteiger partial charge in [0.25, 0.3) is 5.69 Å². The molecule has 0 amide bonds. The van der Waals surface area contributed by atoms with Gasteiger partial charge in [0.1, 0.15) is 0 Å². The monoisotopic (exact) mass is 212 g/mol. The van der Waals surface area contributed by atoms with Gasteiger partial charge in [-0.05, 0) is 18.1 Å². The maximum atomic E-state index is 10.5. The summed E-state index contributed by atoms with van der Waals surface area (Å²) in [5.41, 5.74) is 7.03. The number of anilines is 1. The molecular formula is C9H12N2O2S. The van der Waals surface area contributed by atoms with E-state index in [1.165, 1.54) is 12.1 Å². The van der Waals surface area contributed by atoms with Crippen LogP contribution >= 0.6 is 12.6 Å². The summed E-state index contributed by atoms with van der Waals surface area (Å²) in [6, 6.07) is 4.43. The summed E-state index contributed by atoms with van der Waals surface area (Å²) in [7, 11) is 0. The fourth-order valence-corrected chi connectivity index (χ4v) is 1.41. The summed E-state index contributed by atoms with van der Waals surface area (Å²) in [5, 5.41) is 10.5. The van der Waals surface area contributed by atoms with Crippen LogP contribution in [0.4, 0.5) is 11.4 Å². The lowest BCUT2D eigenvalue weighted by Gasteiger charge is -2.10. The van der Waals surface area contributed by atoms with Crippen molar-refractivity contribution in [3.05, 3.63) is 33.9 Å². The molecule has 4 nitrogen and oxygen atoms in total. The number of nitro benzene ring substituents is 1. The van der Waals surface area contributed by atoms with Crippen molar-refractivity contribution in [2.75, 3.05) is 5.73 Å². The van der Waals surface area contributed by atoms with Gasteiger partial charge >= 0.3 is 0 Å². The highest BCUT2D eigenvalue weighted by atomic mass is 32.1. The van der Waals surface area contributed by atoms with Gasteiger partial charge in [-0.1, -0.05) is 6.92 Å². The van der Waals surface area contributed by atoms with Crippen LogP contribution in [0.5, 0.6) is 0 Å². The number of non-ortho nitro benzene ring substituents is 1. The summed E-state index contributed by atoms with van der Waals surface area (Å²) >= 11 is 4.30. The lowest BCUT2D eigenvalue weighted by Crippen LogP contribution is -1.98. The average Bonchev–Trinajstić information content (AvgIpc) is 2.17. The second kappa shape index (κ2) is 4.32. The molecule has 14 heavy (non-hydrogen) atoms. The normalized spacial score (nSPS) is 12.4. The minimum Gasteiger partial charge on any atom is -0.398 e. The van der Waals surface area contributed by atoms with Crippen LogP contribution < -0.4 is 5.73 Å². The van der Waals surface area contributed by atoms with E-state index >= 15 is 0 Å². The molecule has 0 fully saturated rings. The molecule has 0 heterocycles. The Labute approximate surface area is 87.7 Å². The van der Waals surface area contributed by atoms with E-state index in [4.69, 9.17) is 5.73 Å². The van der Waals surface area contributed by atoms with E-state index < -0.39 is 4.92 Å². The zero-order valence-corrected chi connectivity index (χ0v) is 8.70. The van der Waals surface area contributed by atoms with Crippen molar-refractivity contribution >= 4 is 24.0 Å². The first-order valence-electron chi connectivity index (χ1n) is 4.28. The number of nitrogens with two attached hydrogens (primary N) is 1. The van der Waals surface area contributed by atoms with E-state index in [0.29, 0.717) is 5.69 Å². The molecule has 1 rings (SSSR count). The lowest BCUT2D eigenvalue weighted by atomic mass is 10.1. The lowest BCUT2D eigenvalue weighted by molar-refractivity contribution is -0.384. The molecule has 1 aromatic rings. The van der Waals surface area contributed by atoms with E-state index in [-0.39, 0.29) is 10.9 Å². The first kappa shape index (κ1) is 10.8. The third-order valence-electron chi connectivity index (χ3n) is 2.03. The van der Waals surface area contributed by atoms with Gasteiger partial charge in [0.15, 0.2) is 0 Å². The van der Waals surface area contributed by atoms with Crippen LogP contribution in [0, 0.1) is 10.1 Å². The number of nitro groups is 1. The van der Waals surface area contributed by atoms with E-state index in [9.17, 15) is 10.1 Å². The topological polar surface area (TPSA) is 69.2 Å².